The van der Waals surface area contributed by atoms with Crippen LogP contribution in [-0.4, -0.2) is 18.1 Å². The van der Waals surface area contributed by atoms with Crippen LogP contribution >= 0.6 is 11.6 Å². The maximum atomic E-state index is 9.95. The molecule has 0 amide bonds. The fourth-order valence-electron chi connectivity index (χ4n) is 3.59. The average Bonchev–Trinajstić information content (AvgIpc) is 2.74. The lowest BCUT2D eigenvalue weighted by Gasteiger charge is -2.29. The zero-order chi connectivity index (χ0) is 18.6. The molecule has 2 aromatic carbocycles. The molecule has 0 radical (unpaired) electrons. The first-order valence-corrected chi connectivity index (χ1v) is 9.65. The number of anilines is 1. The van der Waals surface area contributed by atoms with Gasteiger partial charge in [0.1, 0.15) is 17.5 Å². The Hall–Kier alpha value is -2.83. The highest BCUT2D eigenvalue weighted by Crippen LogP contribution is 2.35. The number of hydrogen-bond donors (Lipinski definition) is 0. The molecule has 1 aliphatic heterocycles. The molecule has 0 atom stereocenters. The second-order valence-electron chi connectivity index (χ2n) is 6.79. The fraction of sp³-hybridized carbons (Fsp3) is 0.217. The summed E-state index contributed by atoms with van der Waals surface area (Å²) < 4.78 is 0. The smallest absolute Gasteiger partial charge is 0.147 e. The predicted molar refractivity (Wildman–Crippen MR) is 111 cm³/mol. The van der Waals surface area contributed by atoms with Gasteiger partial charge in [0.15, 0.2) is 0 Å². The van der Waals surface area contributed by atoms with Crippen molar-refractivity contribution in [2.24, 2.45) is 0 Å². The standard InChI is InChI=1S/C23H20ClN3/c24-19-11-9-18(10-12-19)22-15-20(17-7-3-1-4-8-17)21(16-25)23(26-22)27-13-5-2-6-14-27/h1,3-4,7-12,15H,2,5-6,13-14H2. The first-order chi connectivity index (χ1) is 13.3. The number of nitrogens with zero attached hydrogens (tertiary/aromatic N) is 3. The molecule has 0 bridgehead atoms. The number of benzene rings is 2. The van der Waals surface area contributed by atoms with E-state index in [2.05, 4.69) is 11.0 Å². The predicted octanol–water partition coefficient (Wildman–Crippen LogP) is 5.93. The second kappa shape index (κ2) is 7.82. The molecule has 134 valence electrons. The van der Waals surface area contributed by atoms with E-state index in [-0.39, 0.29) is 0 Å². The molecule has 3 aromatic rings. The van der Waals surface area contributed by atoms with Crippen LogP contribution in [0.2, 0.25) is 5.02 Å². The number of pyridine rings is 1. The van der Waals surface area contributed by atoms with Crippen LogP contribution in [0.25, 0.3) is 22.4 Å². The lowest BCUT2D eigenvalue weighted by molar-refractivity contribution is 0.573. The minimum atomic E-state index is 0.654. The summed E-state index contributed by atoms with van der Waals surface area (Å²) in [6.45, 7) is 1.89. The molecular formula is C23H20ClN3. The number of nitriles is 1. The summed E-state index contributed by atoms with van der Waals surface area (Å²) >= 11 is 6.06. The minimum Gasteiger partial charge on any atom is -0.355 e. The van der Waals surface area contributed by atoms with Crippen LogP contribution < -0.4 is 4.90 Å². The zero-order valence-electron chi connectivity index (χ0n) is 15.0. The number of hydrogen-bond acceptors (Lipinski definition) is 3. The number of aromatic nitrogens is 1. The molecule has 0 saturated carbocycles. The summed E-state index contributed by atoms with van der Waals surface area (Å²) in [6, 6.07) is 22.2. The van der Waals surface area contributed by atoms with Crippen LogP contribution in [-0.2, 0) is 0 Å². The third-order valence-electron chi connectivity index (χ3n) is 4.99. The zero-order valence-corrected chi connectivity index (χ0v) is 15.8. The maximum Gasteiger partial charge on any atom is 0.147 e. The van der Waals surface area contributed by atoms with Crippen molar-refractivity contribution in [3.63, 3.8) is 0 Å². The molecule has 4 rings (SSSR count). The van der Waals surface area contributed by atoms with E-state index in [1.54, 1.807) is 0 Å². The molecule has 4 heteroatoms. The average molecular weight is 374 g/mol. The van der Waals surface area contributed by atoms with Crippen LogP contribution in [0.3, 0.4) is 0 Å². The summed E-state index contributed by atoms with van der Waals surface area (Å²) in [5, 5.41) is 10.7. The van der Waals surface area contributed by atoms with Gasteiger partial charge in [-0.1, -0.05) is 54.1 Å². The van der Waals surface area contributed by atoms with Crippen molar-refractivity contribution in [3.05, 3.63) is 71.2 Å². The lowest BCUT2D eigenvalue weighted by atomic mass is 9.97. The van der Waals surface area contributed by atoms with Gasteiger partial charge in [0.2, 0.25) is 0 Å². The molecule has 0 aliphatic carbocycles. The maximum absolute atomic E-state index is 9.95. The Morgan fingerprint density at radius 2 is 1.59 bits per heavy atom. The van der Waals surface area contributed by atoms with E-state index < -0.39 is 0 Å². The first-order valence-electron chi connectivity index (χ1n) is 9.28. The first kappa shape index (κ1) is 17.6. The van der Waals surface area contributed by atoms with E-state index in [0.717, 1.165) is 54.1 Å². The van der Waals surface area contributed by atoms with Crippen molar-refractivity contribution in [1.82, 2.24) is 4.98 Å². The quantitative estimate of drug-likeness (QED) is 0.571. The Morgan fingerprint density at radius 1 is 0.889 bits per heavy atom. The van der Waals surface area contributed by atoms with E-state index in [1.165, 1.54) is 6.42 Å². The van der Waals surface area contributed by atoms with Crippen molar-refractivity contribution < 1.29 is 0 Å². The Labute approximate surface area is 164 Å². The Morgan fingerprint density at radius 3 is 2.26 bits per heavy atom. The molecule has 0 spiro atoms. The second-order valence-corrected chi connectivity index (χ2v) is 7.22. The number of rotatable bonds is 3. The highest BCUT2D eigenvalue weighted by molar-refractivity contribution is 6.30. The van der Waals surface area contributed by atoms with Crippen molar-refractivity contribution in [2.75, 3.05) is 18.0 Å². The van der Waals surface area contributed by atoms with Crippen LogP contribution in [0.15, 0.2) is 60.7 Å². The SMILES string of the molecule is N#Cc1c(-c2ccccc2)cc(-c2ccc(Cl)cc2)nc1N1CCCCC1. The van der Waals surface area contributed by atoms with E-state index in [0.29, 0.717) is 10.6 Å². The van der Waals surface area contributed by atoms with Crippen molar-refractivity contribution in [2.45, 2.75) is 19.3 Å². The van der Waals surface area contributed by atoms with Gasteiger partial charge in [0.25, 0.3) is 0 Å². The molecule has 2 heterocycles. The number of halogens is 1. The molecule has 1 fully saturated rings. The summed E-state index contributed by atoms with van der Waals surface area (Å²) in [5.41, 5.74) is 4.48. The van der Waals surface area contributed by atoms with Gasteiger partial charge in [-0.25, -0.2) is 4.98 Å². The van der Waals surface area contributed by atoms with Gasteiger partial charge in [0, 0.05) is 29.2 Å². The number of piperidine rings is 1. The van der Waals surface area contributed by atoms with E-state index >= 15 is 0 Å². The van der Waals surface area contributed by atoms with Gasteiger partial charge < -0.3 is 4.90 Å². The fourth-order valence-corrected chi connectivity index (χ4v) is 3.72. The topological polar surface area (TPSA) is 39.9 Å². The minimum absolute atomic E-state index is 0.654. The third kappa shape index (κ3) is 3.67. The van der Waals surface area contributed by atoms with Crippen molar-refractivity contribution >= 4 is 17.4 Å². The molecule has 0 N–H and O–H groups in total. The van der Waals surface area contributed by atoms with Crippen molar-refractivity contribution in [3.8, 4) is 28.5 Å². The summed E-state index contributed by atoms with van der Waals surface area (Å²) in [6.07, 6.45) is 3.51. The monoisotopic (exact) mass is 373 g/mol. The summed E-state index contributed by atoms with van der Waals surface area (Å²) in [5.74, 6) is 0.795. The summed E-state index contributed by atoms with van der Waals surface area (Å²) in [4.78, 5) is 7.17. The lowest BCUT2D eigenvalue weighted by Crippen LogP contribution is -2.31. The van der Waals surface area contributed by atoms with E-state index in [9.17, 15) is 5.26 Å². The Kier molecular flexibility index (Phi) is 5.09. The Bertz CT molecular complexity index is 969. The van der Waals surface area contributed by atoms with Gasteiger partial charge in [0.05, 0.1) is 5.69 Å². The van der Waals surface area contributed by atoms with Gasteiger partial charge >= 0.3 is 0 Å². The highest BCUT2D eigenvalue weighted by Gasteiger charge is 2.21. The summed E-state index contributed by atoms with van der Waals surface area (Å²) in [7, 11) is 0. The Balaban J connectivity index is 1.92. The normalized spacial score (nSPS) is 14.0. The van der Waals surface area contributed by atoms with Gasteiger partial charge in [-0.2, -0.15) is 5.26 Å². The largest absolute Gasteiger partial charge is 0.355 e. The van der Waals surface area contributed by atoms with Crippen LogP contribution in [0.5, 0.6) is 0 Å². The molecule has 1 saturated heterocycles. The molecule has 1 aliphatic rings. The van der Waals surface area contributed by atoms with Crippen molar-refractivity contribution in [1.29, 1.82) is 5.26 Å². The van der Waals surface area contributed by atoms with Crippen LogP contribution in [0.1, 0.15) is 24.8 Å². The van der Waals surface area contributed by atoms with E-state index in [4.69, 9.17) is 16.6 Å². The molecular weight excluding hydrogens is 354 g/mol. The van der Waals surface area contributed by atoms with Crippen LogP contribution in [0, 0.1) is 11.3 Å². The van der Waals surface area contributed by atoms with Gasteiger partial charge in [-0.15, -0.1) is 0 Å². The highest BCUT2D eigenvalue weighted by atomic mass is 35.5. The molecule has 3 nitrogen and oxygen atoms in total. The van der Waals surface area contributed by atoms with Gasteiger partial charge in [-0.3, -0.25) is 0 Å². The molecule has 0 unspecified atom stereocenters. The molecule has 27 heavy (non-hydrogen) atoms. The van der Waals surface area contributed by atoms with E-state index in [1.807, 2.05) is 60.7 Å². The van der Waals surface area contributed by atoms with Crippen LogP contribution in [0.4, 0.5) is 5.82 Å². The third-order valence-corrected chi connectivity index (χ3v) is 5.24. The molecule has 1 aromatic heterocycles. The van der Waals surface area contributed by atoms with Gasteiger partial charge in [-0.05, 0) is 43.0 Å².